The molecule has 268 valence electrons. The van der Waals surface area contributed by atoms with Gasteiger partial charge in [-0.15, -0.1) is 0 Å². The average molecular weight is 699 g/mol. The highest BCUT2D eigenvalue weighted by atomic mass is 19.4. The molecular weight excluding hydrogens is 653 g/mol. The van der Waals surface area contributed by atoms with E-state index in [1.165, 1.54) is 25.0 Å². The van der Waals surface area contributed by atoms with Gasteiger partial charge in [-0.2, -0.15) is 13.2 Å². The molecule has 0 atom stereocenters. The summed E-state index contributed by atoms with van der Waals surface area (Å²) in [6.07, 6.45) is 9.25. The second-order valence-corrected chi connectivity index (χ2v) is 15.9. The molecule has 3 aliphatic carbocycles. The number of hydrogen-bond donors (Lipinski definition) is 0. The van der Waals surface area contributed by atoms with Gasteiger partial charge in [-0.25, -0.2) is 4.98 Å². The lowest BCUT2D eigenvalue weighted by Crippen LogP contribution is -2.47. The highest BCUT2D eigenvalue weighted by molar-refractivity contribution is 5.98. The number of aromatic nitrogens is 2. The Bertz CT molecular complexity index is 1930. The van der Waals surface area contributed by atoms with Crippen molar-refractivity contribution in [1.29, 1.82) is 0 Å². The van der Waals surface area contributed by atoms with Crippen LogP contribution in [0.3, 0.4) is 0 Å². The molecule has 10 heteroatoms. The molecule has 2 aliphatic heterocycles. The first-order valence-electron chi connectivity index (χ1n) is 19.0. The van der Waals surface area contributed by atoms with Gasteiger partial charge in [-0.3, -0.25) is 4.79 Å². The molecule has 2 aromatic carbocycles. The summed E-state index contributed by atoms with van der Waals surface area (Å²) >= 11 is 0. The molecule has 0 unspecified atom stereocenters. The van der Waals surface area contributed by atoms with Gasteiger partial charge in [0.2, 0.25) is 0 Å². The number of alkyl halides is 3. The minimum absolute atomic E-state index is 0.00518. The summed E-state index contributed by atoms with van der Waals surface area (Å²) in [6.45, 7) is 3.46. The summed E-state index contributed by atoms with van der Waals surface area (Å²) in [6, 6.07) is 14.0. The lowest BCUT2D eigenvalue weighted by molar-refractivity contribution is -0.137. The molecule has 9 rings (SSSR count). The number of rotatable bonds is 8. The summed E-state index contributed by atoms with van der Waals surface area (Å²) in [7, 11) is 0. The van der Waals surface area contributed by atoms with Crippen molar-refractivity contribution >= 4 is 22.5 Å². The molecule has 2 aromatic heterocycles. The first-order chi connectivity index (χ1) is 24.7. The standard InChI is InChI=1S/C41H45F3N4O3/c42-41(43,44)33-10-3-2-9-30(33)37-32(38(51-46-37)27-11-12-27)21-26-24-40(25-26)15-19-47(20-16-40)28-13-14-34-31(22-28)36(50-29-7-6-8-29)23-35(45-34)39(49)48-17-4-1-5-18-48/h2-3,9-10,13-14,22-23,26-27,29H,1,4-8,11-12,15-21,24-25H2. The fourth-order valence-electron chi connectivity index (χ4n) is 9.09. The van der Waals surface area contributed by atoms with Crippen LogP contribution in [0.4, 0.5) is 18.9 Å². The van der Waals surface area contributed by atoms with E-state index in [9.17, 15) is 18.0 Å². The number of anilines is 1. The van der Waals surface area contributed by atoms with Crippen molar-refractivity contribution in [3.05, 3.63) is 71.1 Å². The minimum atomic E-state index is -4.46. The van der Waals surface area contributed by atoms with E-state index < -0.39 is 11.7 Å². The Balaban J connectivity index is 0.893. The van der Waals surface area contributed by atoms with E-state index in [0.717, 1.165) is 130 Å². The van der Waals surface area contributed by atoms with Crippen molar-refractivity contribution in [1.82, 2.24) is 15.0 Å². The summed E-state index contributed by atoms with van der Waals surface area (Å²) in [5.41, 5.74) is 3.40. The van der Waals surface area contributed by atoms with Crippen LogP contribution in [0.5, 0.6) is 5.75 Å². The largest absolute Gasteiger partial charge is 0.490 e. The van der Waals surface area contributed by atoms with Crippen LogP contribution < -0.4 is 9.64 Å². The van der Waals surface area contributed by atoms with E-state index in [-0.39, 0.29) is 28.9 Å². The van der Waals surface area contributed by atoms with Crippen LogP contribution in [-0.2, 0) is 12.6 Å². The van der Waals surface area contributed by atoms with Crippen molar-refractivity contribution < 1.29 is 27.2 Å². The van der Waals surface area contributed by atoms with Crippen LogP contribution in [0.1, 0.15) is 110 Å². The number of pyridine rings is 1. The number of hydrogen-bond acceptors (Lipinski definition) is 6. The van der Waals surface area contributed by atoms with E-state index in [2.05, 4.69) is 22.2 Å². The predicted octanol–water partition coefficient (Wildman–Crippen LogP) is 9.58. The van der Waals surface area contributed by atoms with Crippen LogP contribution in [-0.4, -0.2) is 53.2 Å². The van der Waals surface area contributed by atoms with Gasteiger partial charge in [-0.05, 0) is 119 Å². The molecule has 4 heterocycles. The van der Waals surface area contributed by atoms with Crippen molar-refractivity contribution in [3.63, 3.8) is 0 Å². The van der Waals surface area contributed by atoms with E-state index in [1.807, 2.05) is 17.0 Å². The molecule has 4 aromatic rings. The van der Waals surface area contributed by atoms with Crippen molar-refractivity contribution in [2.45, 2.75) is 102 Å². The molecule has 3 saturated carbocycles. The summed E-state index contributed by atoms with van der Waals surface area (Å²) in [5.74, 6) is 2.24. The number of benzene rings is 2. The number of piperidine rings is 2. The third-order valence-corrected chi connectivity index (χ3v) is 12.3. The lowest BCUT2D eigenvalue weighted by Gasteiger charge is -2.53. The van der Waals surface area contributed by atoms with E-state index >= 15 is 0 Å². The van der Waals surface area contributed by atoms with Gasteiger partial charge in [0, 0.05) is 60.4 Å². The van der Waals surface area contributed by atoms with Gasteiger partial charge in [0.15, 0.2) is 0 Å². The van der Waals surface area contributed by atoms with Crippen LogP contribution in [0.25, 0.3) is 22.2 Å². The quantitative estimate of drug-likeness (QED) is 0.183. The van der Waals surface area contributed by atoms with Crippen LogP contribution in [0, 0.1) is 11.3 Å². The van der Waals surface area contributed by atoms with Gasteiger partial charge in [0.1, 0.15) is 22.9 Å². The topological polar surface area (TPSA) is 71.7 Å². The lowest BCUT2D eigenvalue weighted by atomic mass is 9.56. The number of carbonyl (C=O) groups is 1. The monoisotopic (exact) mass is 698 g/mol. The van der Waals surface area contributed by atoms with E-state index in [0.29, 0.717) is 23.7 Å². The second-order valence-electron chi connectivity index (χ2n) is 15.9. The van der Waals surface area contributed by atoms with Crippen LogP contribution >= 0.6 is 0 Å². The number of carbonyl (C=O) groups excluding carboxylic acids is 1. The molecule has 7 nitrogen and oxygen atoms in total. The third kappa shape index (κ3) is 6.37. The summed E-state index contributed by atoms with van der Waals surface area (Å²) in [4.78, 5) is 22.6. The zero-order chi connectivity index (χ0) is 34.7. The zero-order valence-corrected chi connectivity index (χ0v) is 29.0. The Hall–Kier alpha value is -4.08. The van der Waals surface area contributed by atoms with Gasteiger partial charge in [0.25, 0.3) is 5.91 Å². The summed E-state index contributed by atoms with van der Waals surface area (Å²) in [5, 5.41) is 5.21. The fraction of sp³-hybridized carbons (Fsp3) is 0.537. The Morgan fingerprint density at radius 1 is 0.922 bits per heavy atom. The molecule has 2 saturated heterocycles. The van der Waals surface area contributed by atoms with Crippen molar-refractivity contribution in [2.75, 3.05) is 31.1 Å². The van der Waals surface area contributed by atoms with Gasteiger partial charge in [0.05, 0.1) is 17.2 Å². The van der Waals surface area contributed by atoms with E-state index in [4.69, 9.17) is 14.2 Å². The number of nitrogens with zero attached hydrogens (tertiary/aromatic N) is 4. The molecule has 51 heavy (non-hydrogen) atoms. The first kappa shape index (κ1) is 32.8. The Morgan fingerprint density at radius 3 is 2.39 bits per heavy atom. The van der Waals surface area contributed by atoms with Gasteiger partial charge < -0.3 is 19.1 Å². The Kier molecular flexibility index (Phi) is 8.26. The van der Waals surface area contributed by atoms with E-state index in [1.54, 1.807) is 6.07 Å². The second kappa shape index (κ2) is 12.8. The molecule has 0 N–H and O–H groups in total. The molecular formula is C41H45F3N4O3. The molecule has 1 amide bonds. The van der Waals surface area contributed by atoms with Crippen molar-refractivity contribution in [3.8, 4) is 17.0 Å². The molecule has 0 bridgehead atoms. The maximum absolute atomic E-state index is 14.0. The van der Waals surface area contributed by atoms with Gasteiger partial charge >= 0.3 is 6.18 Å². The fourth-order valence-corrected chi connectivity index (χ4v) is 9.09. The zero-order valence-electron chi connectivity index (χ0n) is 29.0. The predicted molar refractivity (Wildman–Crippen MR) is 189 cm³/mol. The normalized spacial score (nSPS) is 21.2. The average Bonchev–Trinajstić information content (AvgIpc) is 3.88. The van der Waals surface area contributed by atoms with Gasteiger partial charge in [-0.1, -0.05) is 23.4 Å². The van der Waals surface area contributed by atoms with Crippen LogP contribution in [0.2, 0.25) is 0 Å². The number of fused-ring (bicyclic) bond motifs is 1. The highest BCUT2D eigenvalue weighted by Gasteiger charge is 2.47. The number of likely N-dealkylation sites (tertiary alicyclic amines) is 1. The maximum atomic E-state index is 14.0. The molecule has 1 spiro atoms. The molecule has 0 radical (unpaired) electrons. The highest BCUT2D eigenvalue weighted by Crippen LogP contribution is 2.55. The smallest absolute Gasteiger partial charge is 0.417 e. The summed E-state index contributed by atoms with van der Waals surface area (Å²) < 4.78 is 54.2. The molecule has 5 aliphatic rings. The van der Waals surface area contributed by atoms with Crippen LogP contribution in [0.15, 0.2) is 53.1 Å². The SMILES string of the molecule is O=C(c1cc(OC2CCC2)c2cc(N3CCC4(CC3)CC(Cc3c(-c5ccccc5C(F)(F)F)noc3C3CC3)C4)ccc2n1)N1CCCCC1. The Morgan fingerprint density at radius 2 is 1.69 bits per heavy atom. The van der Waals surface area contributed by atoms with Crippen molar-refractivity contribution in [2.24, 2.45) is 11.3 Å². The number of ether oxygens (including phenoxy) is 1. The maximum Gasteiger partial charge on any atom is 0.417 e. The number of halogens is 3. The number of amides is 1. The third-order valence-electron chi connectivity index (χ3n) is 12.3. The molecule has 5 fully saturated rings. The minimum Gasteiger partial charge on any atom is -0.490 e. The first-order valence-corrected chi connectivity index (χ1v) is 19.0. The Labute approximate surface area is 296 Å².